The SMILES string of the molecule is CC(C)(C)OC(=O)Nc1cc(CCN=[N+]=[N-])ccc1Br. The fourth-order valence-corrected chi connectivity index (χ4v) is 1.81. The van der Waals surface area contributed by atoms with Crippen LogP contribution in [0.2, 0.25) is 0 Å². The minimum Gasteiger partial charge on any atom is -0.444 e. The molecule has 1 N–H and O–H groups in total. The predicted molar refractivity (Wildman–Crippen MR) is 81.7 cm³/mol. The number of amides is 1. The van der Waals surface area contributed by atoms with Gasteiger partial charge in [-0.2, -0.15) is 0 Å². The highest BCUT2D eigenvalue weighted by Crippen LogP contribution is 2.24. The first-order valence-corrected chi connectivity index (χ1v) is 6.90. The molecule has 6 nitrogen and oxygen atoms in total. The third-order valence-electron chi connectivity index (χ3n) is 2.23. The number of carbonyl (C=O) groups is 1. The molecule has 0 fully saturated rings. The van der Waals surface area contributed by atoms with E-state index in [1.165, 1.54) is 0 Å². The summed E-state index contributed by atoms with van der Waals surface area (Å²) in [6.07, 6.45) is 0.103. The second-order valence-electron chi connectivity index (χ2n) is 5.15. The molecule has 7 heteroatoms. The summed E-state index contributed by atoms with van der Waals surface area (Å²) in [5.41, 5.74) is 9.29. The Kier molecular flexibility index (Phi) is 5.85. The molecule has 20 heavy (non-hydrogen) atoms. The van der Waals surface area contributed by atoms with Crippen molar-refractivity contribution < 1.29 is 9.53 Å². The highest BCUT2D eigenvalue weighted by Gasteiger charge is 2.17. The Morgan fingerprint density at radius 3 is 2.80 bits per heavy atom. The van der Waals surface area contributed by atoms with Crippen LogP contribution in [0.5, 0.6) is 0 Å². The summed E-state index contributed by atoms with van der Waals surface area (Å²) in [7, 11) is 0. The van der Waals surface area contributed by atoms with Crippen LogP contribution >= 0.6 is 15.9 Å². The first-order valence-electron chi connectivity index (χ1n) is 6.11. The first kappa shape index (κ1) is 16.3. The molecular weight excluding hydrogens is 324 g/mol. The van der Waals surface area contributed by atoms with Crippen LogP contribution in [0.4, 0.5) is 10.5 Å². The summed E-state index contributed by atoms with van der Waals surface area (Å²) in [4.78, 5) is 14.4. The molecule has 0 aliphatic heterocycles. The molecule has 0 bridgehead atoms. The van der Waals surface area contributed by atoms with E-state index in [0.29, 0.717) is 18.7 Å². The number of hydrogen-bond donors (Lipinski definition) is 1. The van der Waals surface area contributed by atoms with Crippen LogP contribution < -0.4 is 5.32 Å². The highest BCUT2D eigenvalue weighted by atomic mass is 79.9. The van der Waals surface area contributed by atoms with Crippen molar-refractivity contribution in [3.05, 3.63) is 38.7 Å². The fraction of sp³-hybridized carbons (Fsp3) is 0.462. The number of hydrogen-bond acceptors (Lipinski definition) is 3. The van der Waals surface area contributed by atoms with Crippen molar-refractivity contribution in [2.45, 2.75) is 32.8 Å². The molecule has 0 radical (unpaired) electrons. The van der Waals surface area contributed by atoms with Crippen molar-refractivity contribution in [2.24, 2.45) is 5.11 Å². The van der Waals surface area contributed by atoms with Gasteiger partial charge in [-0.1, -0.05) is 11.2 Å². The van der Waals surface area contributed by atoms with Gasteiger partial charge in [-0.25, -0.2) is 4.79 Å². The summed E-state index contributed by atoms with van der Waals surface area (Å²) < 4.78 is 5.96. The van der Waals surface area contributed by atoms with Crippen LogP contribution in [-0.4, -0.2) is 18.2 Å². The molecular formula is C13H17BrN4O2. The summed E-state index contributed by atoms with van der Waals surface area (Å²) in [6, 6.07) is 5.55. The van der Waals surface area contributed by atoms with Crippen molar-refractivity contribution in [1.82, 2.24) is 0 Å². The molecule has 0 atom stereocenters. The van der Waals surface area contributed by atoms with Gasteiger partial charge in [0.1, 0.15) is 5.60 Å². The van der Waals surface area contributed by atoms with Crippen LogP contribution in [0.3, 0.4) is 0 Å². The highest BCUT2D eigenvalue weighted by molar-refractivity contribution is 9.10. The molecule has 0 aromatic heterocycles. The summed E-state index contributed by atoms with van der Waals surface area (Å²) in [6.45, 7) is 5.79. The average Bonchev–Trinajstić information content (AvgIpc) is 2.31. The third kappa shape index (κ3) is 5.95. The Morgan fingerprint density at radius 2 is 2.20 bits per heavy atom. The maximum atomic E-state index is 11.7. The topological polar surface area (TPSA) is 87.1 Å². The van der Waals surface area contributed by atoms with Gasteiger partial charge in [-0.3, -0.25) is 5.32 Å². The lowest BCUT2D eigenvalue weighted by atomic mass is 10.1. The van der Waals surface area contributed by atoms with Gasteiger partial charge in [0.25, 0.3) is 0 Å². The molecule has 1 amide bonds. The van der Waals surface area contributed by atoms with E-state index >= 15 is 0 Å². The Bertz CT molecular complexity index is 534. The van der Waals surface area contributed by atoms with Gasteiger partial charge in [0, 0.05) is 15.9 Å². The Balaban J connectivity index is 2.76. The zero-order valence-electron chi connectivity index (χ0n) is 11.7. The van der Waals surface area contributed by atoms with Crippen LogP contribution in [0.15, 0.2) is 27.8 Å². The van der Waals surface area contributed by atoms with Crippen molar-refractivity contribution in [3.8, 4) is 0 Å². The van der Waals surface area contributed by atoms with E-state index in [1.54, 1.807) is 20.8 Å². The molecule has 1 aromatic carbocycles. The van der Waals surface area contributed by atoms with E-state index in [4.69, 9.17) is 10.3 Å². The van der Waals surface area contributed by atoms with Crippen molar-refractivity contribution in [1.29, 1.82) is 0 Å². The number of benzene rings is 1. The minimum atomic E-state index is -0.546. The lowest BCUT2D eigenvalue weighted by Gasteiger charge is -2.20. The maximum Gasteiger partial charge on any atom is 0.412 e. The van der Waals surface area contributed by atoms with Gasteiger partial charge >= 0.3 is 6.09 Å². The van der Waals surface area contributed by atoms with Gasteiger partial charge in [0.05, 0.1) is 5.69 Å². The zero-order chi connectivity index (χ0) is 15.2. The molecule has 0 saturated heterocycles. The minimum absolute atomic E-state index is 0.379. The van der Waals surface area contributed by atoms with E-state index in [1.807, 2.05) is 18.2 Å². The third-order valence-corrected chi connectivity index (χ3v) is 2.92. The summed E-state index contributed by atoms with van der Waals surface area (Å²) >= 11 is 3.37. The molecule has 0 saturated carbocycles. The van der Waals surface area contributed by atoms with Crippen LogP contribution in [0.1, 0.15) is 26.3 Å². The second kappa shape index (κ2) is 7.17. The Labute approximate surface area is 126 Å². The van der Waals surface area contributed by atoms with E-state index in [0.717, 1.165) is 10.0 Å². The molecule has 0 unspecified atom stereocenters. The van der Waals surface area contributed by atoms with Crippen molar-refractivity contribution in [2.75, 3.05) is 11.9 Å². The normalized spacial score (nSPS) is 10.6. The molecule has 0 aliphatic carbocycles. The van der Waals surface area contributed by atoms with Gasteiger partial charge < -0.3 is 4.74 Å². The number of halogens is 1. The summed E-state index contributed by atoms with van der Waals surface area (Å²) in [5, 5.41) is 6.17. The first-order chi connectivity index (χ1) is 9.31. The number of ether oxygens (including phenoxy) is 1. The monoisotopic (exact) mass is 340 g/mol. The summed E-state index contributed by atoms with van der Waals surface area (Å²) in [5.74, 6) is 0. The lowest BCUT2D eigenvalue weighted by molar-refractivity contribution is 0.0636. The number of azide groups is 1. The predicted octanol–water partition coefficient (Wildman–Crippen LogP) is 4.65. The standard InChI is InChI=1S/C13H17BrN4O2/c1-13(2,3)20-12(19)17-11-8-9(4-5-10(11)14)6-7-16-18-15/h4-5,8H,6-7H2,1-3H3,(H,17,19). The van der Waals surface area contributed by atoms with Crippen LogP contribution in [0.25, 0.3) is 10.4 Å². The molecule has 0 spiro atoms. The molecule has 108 valence electrons. The van der Waals surface area contributed by atoms with Crippen molar-refractivity contribution in [3.63, 3.8) is 0 Å². The van der Waals surface area contributed by atoms with Crippen LogP contribution in [-0.2, 0) is 11.2 Å². The van der Waals surface area contributed by atoms with Gasteiger partial charge in [-0.15, -0.1) is 0 Å². The zero-order valence-corrected chi connectivity index (χ0v) is 13.3. The Hall–Kier alpha value is -1.72. The van der Waals surface area contributed by atoms with E-state index in [9.17, 15) is 4.79 Å². The van der Waals surface area contributed by atoms with Gasteiger partial charge in [0.2, 0.25) is 0 Å². The quantitative estimate of drug-likeness (QED) is 0.491. The molecule has 1 rings (SSSR count). The van der Waals surface area contributed by atoms with Crippen molar-refractivity contribution >= 4 is 27.7 Å². The number of carbonyl (C=O) groups excluding carboxylic acids is 1. The number of rotatable bonds is 4. The largest absolute Gasteiger partial charge is 0.444 e. The molecule has 0 heterocycles. The average molecular weight is 341 g/mol. The smallest absolute Gasteiger partial charge is 0.412 e. The molecule has 1 aromatic rings. The fourth-order valence-electron chi connectivity index (χ4n) is 1.46. The maximum absolute atomic E-state index is 11.7. The van der Waals surface area contributed by atoms with Crippen LogP contribution in [0, 0.1) is 0 Å². The lowest BCUT2D eigenvalue weighted by Crippen LogP contribution is -2.27. The van der Waals surface area contributed by atoms with Gasteiger partial charge in [-0.05, 0) is 66.3 Å². The van der Waals surface area contributed by atoms with E-state index < -0.39 is 11.7 Å². The van der Waals surface area contributed by atoms with E-state index in [-0.39, 0.29) is 0 Å². The second-order valence-corrected chi connectivity index (χ2v) is 6.00. The molecule has 0 aliphatic rings. The number of nitrogens with one attached hydrogen (secondary N) is 1. The Morgan fingerprint density at radius 1 is 1.50 bits per heavy atom. The van der Waals surface area contributed by atoms with E-state index in [2.05, 4.69) is 31.3 Å². The number of nitrogens with zero attached hydrogens (tertiary/aromatic N) is 3. The van der Waals surface area contributed by atoms with Gasteiger partial charge in [0.15, 0.2) is 0 Å². The number of anilines is 1.